The largest absolute Gasteiger partial charge is 0.486 e. The van der Waals surface area contributed by atoms with Gasteiger partial charge in [0.1, 0.15) is 19.0 Å². The number of hydrogen-bond donors (Lipinski definition) is 1. The average Bonchev–Trinajstić information content (AvgIpc) is 3.28. The van der Waals surface area contributed by atoms with E-state index in [-0.39, 0.29) is 17.7 Å². The van der Waals surface area contributed by atoms with Crippen LogP contribution in [0.4, 0.5) is 0 Å². The van der Waals surface area contributed by atoms with E-state index >= 15 is 0 Å². The summed E-state index contributed by atoms with van der Waals surface area (Å²) in [6.07, 6.45) is 2.53. The zero-order chi connectivity index (χ0) is 15.8. The van der Waals surface area contributed by atoms with E-state index in [1.54, 1.807) is 6.26 Å². The van der Waals surface area contributed by atoms with E-state index in [0.29, 0.717) is 19.8 Å². The Morgan fingerprint density at radius 1 is 1.22 bits per heavy atom. The molecule has 0 spiro atoms. The van der Waals surface area contributed by atoms with Gasteiger partial charge in [-0.2, -0.15) is 0 Å². The summed E-state index contributed by atoms with van der Waals surface area (Å²) in [7, 11) is 0. The number of amides is 1. The molecule has 1 aromatic carbocycles. The predicted molar refractivity (Wildman–Crippen MR) is 83.6 cm³/mol. The maximum absolute atomic E-state index is 12.3. The number of aryl methyl sites for hydroxylation is 1. The van der Waals surface area contributed by atoms with Crippen LogP contribution in [0, 0.1) is 12.8 Å². The molecule has 1 fully saturated rings. The van der Waals surface area contributed by atoms with Crippen molar-refractivity contribution in [1.29, 1.82) is 0 Å². The van der Waals surface area contributed by atoms with Crippen molar-refractivity contribution in [2.45, 2.75) is 25.8 Å². The number of ether oxygens (including phenoxy) is 2. The number of fused-ring (bicyclic) bond motifs is 1. The highest BCUT2D eigenvalue weighted by Crippen LogP contribution is 2.49. The number of benzene rings is 1. The standard InChI is InChI=1S/C18H19NO4/c1-11-13(4-5-21-11)10-19-18(20)15-9-14(15)12-2-3-16-17(8-12)23-7-6-22-16/h2-5,8,14-15H,6-7,9-10H2,1H3,(H,19,20)/t14-,15+/m0/s1. The van der Waals surface area contributed by atoms with Gasteiger partial charge < -0.3 is 19.2 Å². The summed E-state index contributed by atoms with van der Waals surface area (Å²) in [4.78, 5) is 12.3. The molecule has 2 heterocycles. The van der Waals surface area contributed by atoms with Crippen LogP contribution in [0.1, 0.15) is 29.2 Å². The highest BCUT2D eigenvalue weighted by molar-refractivity contribution is 5.83. The van der Waals surface area contributed by atoms with Crippen molar-refractivity contribution in [2.24, 2.45) is 5.92 Å². The maximum Gasteiger partial charge on any atom is 0.224 e. The Morgan fingerprint density at radius 2 is 2.04 bits per heavy atom. The van der Waals surface area contributed by atoms with Gasteiger partial charge in [0.2, 0.25) is 5.91 Å². The summed E-state index contributed by atoms with van der Waals surface area (Å²) >= 11 is 0. The molecule has 1 aromatic heterocycles. The molecule has 1 aliphatic carbocycles. The van der Waals surface area contributed by atoms with E-state index < -0.39 is 0 Å². The summed E-state index contributed by atoms with van der Waals surface area (Å²) in [5.41, 5.74) is 2.17. The van der Waals surface area contributed by atoms with Gasteiger partial charge in [0.25, 0.3) is 0 Å². The average molecular weight is 313 g/mol. The Labute approximate surface area is 134 Å². The summed E-state index contributed by atoms with van der Waals surface area (Å²) in [6.45, 7) is 3.59. The molecule has 4 rings (SSSR count). The fraction of sp³-hybridized carbons (Fsp3) is 0.389. The highest BCUT2D eigenvalue weighted by atomic mass is 16.6. The minimum Gasteiger partial charge on any atom is -0.486 e. The smallest absolute Gasteiger partial charge is 0.224 e. The molecular formula is C18H19NO4. The lowest BCUT2D eigenvalue weighted by molar-refractivity contribution is -0.122. The van der Waals surface area contributed by atoms with E-state index in [4.69, 9.17) is 13.9 Å². The van der Waals surface area contributed by atoms with Gasteiger partial charge in [0, 0.05) is 18.0 Å². The van der Waals surface area contributed by atoms with E-state index in [1.807, 2.05) is 31.2 Å². The first-order chi connectivity index (χ1) is 11.2. The second-order valence-electron chi connectivity index (χ2n) is 6.07. The molecule has 0 radical (unpaired) electrons. The molecule has 1 saturated carbocycles. The summed E-state index contributed by atoms with van der Waals surface area (Å²) < 4.78 is 16.4. The van der Waals surface area contributed by atoms with Gasteiger partial charge in [-0.1, -0.05) is 6.07 Å². The van der Waals surface area contributed by atoms with Gasteiger partial charge in [0.05, 0.1) is 6.26 Å². The SMILES string of the molecule is Cc1occc1CNC(=O)[C@@H]1C[C@H]1c1ccc2c(c1)OCCO2. The maximum atomic E-state index is 12.3. The second kappa shape index (κ2) is 5.65. The van der Waals surface area contributed by atoms with E-state index in [9.17, 15) is 4.79 Å². The van der Waals surface area contributed by atoms with Gasteiger partial charge >= 0.3 is 0 Å². The normalized spacial score (nSPS) is 21.8. The van der Waals surface area contributed by atoms with Crippen molar-refractivity contribution in [3.63, 3.8) is 0 Å². The van der Waals surface area contributed by atoms with E-state index in [1.165, 1.54) is 0 Å². The number of rotatable bonds is 4. The number of carbonyl (C=O) groups excluding carboxylic acids is 1. The molecule has 2 aromatic rings. The zero-order valence-corrected chi connectivity index (χ0v) is 13.0. The van der Waals surface area contributed by atoms with Crippen LogP contribution in [-0.2, 0) is 11.3 Å². The zero-order valence-electron chi connectivity index (χ0n) is 13.0. The summed E-state index contributed by atoms with van der Waals surface area (Å²) in [5.74, 6) is 2.85. The van der Waals surface area contributed by atoms with Crippen LogP contribution in [0.2, 0.25) is 0 Å². The van der Waals surface area contributed by atoms with Crippen LogP contribution in [0.25, 0.3) is 0 Å². The number of furan rings is 1. The van der Waals surface area contributed by atoms with Gasteiger partial charge in [0.15, 0.2) is 11.5 Å². The van der Waals surface area contributed by atoms with Gasteiger partial charge in [-0.05, 0) is 43.0 Å². The Hall–Kier alpha value is -2.43. The van der Waals surface area contributed by atoms with Gasteiger partial charge in [-0.3, -0.25) is 4.79 Å². The highest BCUT2D eigenvalue weighted by Gasteiger charge is 2.44. The van der Waals surface area contributed by atoms with Crippen molar-refractivity contribution in [3.8, 4) is 11.5 Å². The minimum atomic E-state index is 0.0461. The van der Waals surface area contributed by atoms with Gasteiger partial charge in [-0.25, -0.2) is 0 Å². The molecular weight excluding hydrogens is 294 g/mol. The molecule has 2 atom stereocenters. The minimum absolute atomic E-state index is 0.0461. The first kappa shape index (κ1) is 14.2. The lowest BCUT2D eigenvalue weighted by Crippen LogP contribution is -2.25. The third-order valence-corrected chi connectivity index (χ3v) is 4.54. The van der Waals surface area contributed by atoms with Crippen molar-refractivity contribution in [3.05, 3.63) is 47.4 Å². The molecule has 5 heteroatoms. The lowest BCUT2D eigenvalue weighted by Gasteiger charge is -2.18. The van der Waals surface area contributed by atoms with Crippen molar-refractivity contribution >= 4 is 5.91 Å². The number of carbonyl (C=O) groups is 1. The first-order valence-electron chi connectivity index (χ1n) is 7.92. The summed E-state index contributed by atoms with van der Waals surface area (Å²) in [5, 5.41) is 3.00. The molecule has 1 N–H and O–H groups in total. The predicted octanol–water partition coefficient (Wildman–Crippen LogP) is 2.78. The summed E-state index contributed by atoms with van der Waals surface area (Å²) in [6, 6.07) is 7.87. The van der Waals surface area contributed by atoms with Crippen LogP contribution in [0.15, 0.2) is 34.9 Å². The fourth-order valence-corrected chi connectivity index (χ4v) is 3.05. The first-order valence-corrected chi connectivity index (χ1v) is 7.92. The quantitative estimate of drug-likeness (QED) is 0.943. The molecule has 5 nitrogen and oxygen atoms in total. The third kappa shape index (κ3) is 2.79. The van der Waals surface area contributed by atoms with Crippen LogP contribution >= 0.6 is 0 Å². The molecule has 120 valence electrons. The van der Waals surface area contributed by atoms with Crippen LogP contribution in [-0.4, -0.2) is 19.1 Å². The van der Waals surface area contributed by atoms with Crippen molar-refractivity contribution < 1.29 is 18.7 Å². The Kier molecular flexibility index (Phi) is 3.48. The van der Waals surface area contributed by atoms with Crippen LogP contribution < -0.4 is 14.8 Å². The Balaban J connectivity index is 1.38. The molecule has 0 bridgehead atoms. The Morgan fingerprint density at radius 3 is 2.83 bits per heavy atom. The van der Waals surface area contributed by atoms with Crippen molar-refractivity contribution in [2.75, 3.05) is 13.2 Å². The third-order valence-electron chi connectivity index (χ3n) is 4.54. The topological polar surface area (TPSA) is 60.7 Å². The van der Waals surface area contributed by atoms with Crippen molar-refractivity contribution in [1.82, 2.24) is 5.32 Å². The molecule has 1 amide bonds. The lowest BCUT2D eigenvalue weighted by atomic mass is 10.1. The molecule has 23 heavy (non-hydrogen) atoms. The fourth-order valence-electron chi connectivity index (χ4n) is 3.05. The second-order valence-corrected chi connectivity index (χ2v) is 6.07. The molecule has 2 aliphatic rings. The van der Waals surface area contributed by atoms with Crippen LogP contribution in [0.3, 0.4) is 0 Å². The molecule has 1 aliphatic heterocycles. The van der Waals surface area contributed by atoms with Gasteiger partial charge in [-0.15, -0.1) is 0 Å². The van der Waals surface area contributed by atoms with E-state index in [0.717, 1.165) is 34.8 Å². The molecule has 0 saturated heterocycles. The Bertz CT molecular complexity index is 736. The number of hydrogen-bond acceptors (Lipinski definition) is 4. The van der Waals surface area contributed by atoms with Crippen LogP contribution in [0.5, 0.6) is 11.5 Å². The molecule has 0 unspecified atom stereocenters. The monoisotopic (exact) mass is 313 g/mol. The number of nitrogens with one attached hydrogen (secondary N) is 1. The van der Waals surface area contributed by atoms with E-state index in [2.05, 4.69) is 5.32 Å².